The second kappa shape index (κ2) is 4.55. The minimum Gasteiger partial charge on any atom is -0.311 e. The minimum absolute atomic E-state index is 0.585. The monoisotopic (exact) mass is 236 g/mol. The third-order valence-corrected chi connectivity index (χ3v) is 5.36. The molecule has 2 heteroatoms. The molecule has 3 saturated heterocycles. The van der Waals surface area contributed by atoms with Gasteiger partial charge >= 0.3 is 0 Å². The number of hydrogen-bond donors (Lipinski definition) is 1. The van der Waals surface area contributed by atoms with E-state index in [-0.39, 0.29) is 0 Å². The zero-order chi connectivity index (χ0) is 11.9. The fourth-order valence-electron chi connectivity index (χ4n) is 4.13. The first-order valence-electron chi connectivity index (χ1n) is 7.61. The highest BCUT2D eigenvalue weighted by Crippen LogP contribution is 2.35. The van der Waals surface area contributed by atoms with Crippen LogP contribution in [0.15, 0.2) is 0 Å². The Morgan fingerprint density at radius 1 is 1.18 bits per heavy atom. The molecule has 17 heavy (non-hydrogen) atoms. The molecule has 3 fully saturated rings. The van der Waals surface area contributed by atoms with Crippen molar-refractivity contribution in [2.45, 2.75) is 64.5 Å². The molecule has 2 bridgehead atoms. The zero-order valence-electron chi connectivity index (χ0n) is 11.5. The molecule has 1 N–H and O–H groups in total. The lowest BCUT2D eigenvalue weighted by molar-refractivity contribution is 0.209. The first-order chi connectivity index (χ1) is 8.12. The Kier molecular flexibility index (Phi) is 3.20. The van der Waals surface area contributed by atoms with Crippen LogP contribution < -0.4 is 5.32 Å². The first-order valence-corrected chi connectivity index (χ1v) is 7.61. The van der Waals surface area contributed by atoms with Crippen LogP contribution in [0, 0.1) is 11.3 Å². The summed E-state index contributed by atoms with van der Waals surface area (Å²) >= 11 is 0. The second-order valence-corrected chi connectivity index (χ2v) is 7.36. The number of nitrogens with one attached hydrogen (secondary N) is 1. The third kappa shape index (κ3) is 2.68. The maximum atomic E-state index is 3.77. The molecule has 0 aromatic heterocycles. The molecule has 0 aromatic rings. The Hall–Kier alpha value is -0.0800. The smallest absolute Gasteiger partial charge is 0.0111 e. The molecular weight excluding hydrogens is 208 g/mol. The average Bonchev–Trinajstić information content (AvgIpc) is 2.83. The van der Waals surface area contributed by atoms with Gasteiger partial charge in [0.05, 0.1) is 0 Å². The lowest BCUT2D eigenvalue weighted by Crippen LogP contribution is -2.36. The standard InChI is InChI=1S/C15H28N2/c1-15(2)6-3-8-17(9-7-15)11-12-10-13-4-5-14(12)16-13/h12-14,16H,3-11H2,1-2H3. The van der Waals surface area contributed by atoms with E-state index in [1.165, 1.54) is 58.2 Å². The molecule has 0 aromatic carbocycles. The highest BCUT2D eigenvalue weighted by atomic mass is 15.1. The lowest BCUT2D eigenvalue weighted by atomic mass is 9.85. The molecule has 3 aliphatic rings. The van der Waals surface area contributed by atoms with Crippen molar-refractivity contribution in [1.82, 2.24) is 10.2 Å². The molecule has 3 heterocycles. The fourth-order valence-corrected chi connectivity index (χ4v) is 4.13. The molecule has 0 amide bonds. The number of rotatable bonds is 2. The van der Waals surface area contributed by atoms with Crippen LogP contribution in [0.2, 0.25) is 0 Å². The van der Waals surface area contributed by atoms with Crippen LogP contribution in [0.25, 0.3) is 0 Å². The first kappa shape index (κ1) is 12.0. The summed E-state index contributed by atoms with van der Waals surface area (Å²) in [5, 5.41) is 3.77. The quantitative estimate of drug-likeness (QED) is 0.793. The predicted octanol–water partition coefficient (Wildman–Crippen LogP) is 2.64. The van der Waals surface area contributed by atoms with Crippen LogP contribution in [0.1, 0.15) is 52.4 Å². The maximum Gasteiger partial charge on any atom is 0.0111 e. The molecular formula is C15H28N2. The molecule has 0 saturated carbocycles. The van der Waals surface area contributed by atoms with Crippen LogP contribution in [-0.4, -0.2) is 36.6 Å². The molecule has 0 aliphatic carbocycles. The van der Waals surface area contributed by atoms with E-state index in [9.17, 15) is 0 Å². The molecule has 3 atom stereocenters. The summed E-state index contributed by atoms with van der Waals surface area (Å²) in [6.45, 7) is 8.92. The van der Waals surface area contributed by atoms with Crippen molar-refractivity contribution < 1.29 is 0 Å². The van der Waals surface area contributed by atoms with E-state index in [2.05, 4.69) is 24.1 Å². The maximum absolute atomic E-state index is 3.77. The summed E-state index contributed by atoms with van der Waals surface area (Å²) in [5.74, 6) is 0.954. The third-order valence-electron chi connectivity index (χ3n) is 5.36. The molecule has 98 valence electrons. The van der Waals surface area contributed by atoms with Gasteiger partial charge in [0.25, 0.3) is 0 Å². The number of nitrogens with zero attached hydrogens (tertiary/aromatic N) is 1. The van der Waals surface area contributed by atoms with Crippen molar-refractivity contribution >= 4 is 0 Å². The van der Waals surface area contributed by atoms with Crippen LogP contribution in [0.4, 0.5) is 0 Å². The van der Waals surface area contributed by atoms with E-state index in [0.717, 1.165) is 18.0 Å². The Balaban J connectivity index is 1.52. The SMILES string of the molecule is CC1(C)CCCN(CC2CC3CCC2N3)CC1. The normalized spacial score (nSPS) is 41.6. The van der Waals surface area contributed by atoms with Crippen molar-refractivity contribution in [3.63, 3.8) is 0 Å². The lowest BCUT2D eigenvalue weighted by Gasteiger charge is -2.28. The van der Waals surface area contributed by atoms with Gasteiger partial charge in [-0.15, -0.1) is 0 Å². The van der Waals surface area contributed by atoms with E-state index < -0.39 is 0 Å². The van der Waals surface area contributed by atoms with Crippen LogP contribution in [0.5, 0.6) is 0 Å². The van der Waals surface area contributed by atoms with Crippen molar-refractivity contribution in [2.24, 2.45) is 11.3 Å². The molecule has 3 unspecified atom stereocenters. The second-order valence-electron chi connectivity index (χ2n) is 7.36. The van der Waals surface area contributed by atoms with Gasteiger partial charge in [-0.25, -0.2) is 0 Å². The van der Waals surface area contributed by atoms with Crippen LogP contribution in [-0.2, 0) is 0 Å². The highest BCUT2D eigenvalue weighted by molar-refractivity contribution is 4.98. The van der Waals surface area contributed by atoms with Crippen molar-refractivity contribution in [3.8, 4) is 0 Å². The van der Waals surface area contributed by atoms with E-state index in [0.29, 0.717) is 5.41 Å². The molecule has 3 aliphatic heterocycles. The Labute approximate surface area is 106 Å². The summed E-state index contributed by atoms with van der Waals surface area (Å²) in [7, 11) is 0. The summed E-state index contributed by atoms with van der Waals surface area (Å²) in [6.07, 6.45) is 8.54. The summed E-state index contributed by atoms with van der Waals surface area (Å²) < 4.78 is 0. The Morgan fingerprint density at radius 2 is 2.06 bits per heavy atom. The summed E-state index contributed by atoms with van der Waals surface area (Å²) in [6, 6.07) is 1.73. The highest BCUT2D eigenvalue weighted by Gasteiger charge is 2.39. The zero-order valence-corrected chi connectivity index (χ0v) is 11.5. The molecule has 2 nitrogen and oxygen atoms in total. The van der Waals surface area contributed by atoms with Gasteiger partial charge in [0.2, 0.25) is 0 Å². The largest absolute Gasteiger partial charge is 0.311 e. The molecule has 0 spiro atoms. The fraction of sp³-hybridized carbons (Fsp3) is 1.00. The topological polar surface area (TPSA) is 15.3 Å². The average molecular weight is 236 g/mol. The van der Waals surface area contributed by atoms with Gasteiger partial charge in [-0.3, -0.25) is 0 Å². The van der Waals surface area contributed by atoms with Gasteiger partial charge in [0.15, 0.2) is 0 Å². The van der Waals surface area contributed by atoms with Gasteiger partial charge in [-0.2, -0.15) is 0 Å². The van der Waals surface area contributed by atoms with Crippen LogP contribution >= 0.6 is 0 Å². The van der Waals surface area contributed by atoms with Gasteiger partial charge in [-0.05, 0) is 62.9 Å². The number of fused-ring (bicyclic) bond motifs is 2. The van der Waals surface area contributed by atoms with E-state index in [1.807, 2.05) is 0 Å². The Morgan fingerprint density at radius 3 is 2.76 bits per heavy atom. The Bertz CT molecular complexity index is 274. The minimum atomic E-state index is 0.585. The van der Waals surface area contributed by atoms with Gasteiger partial charge < -0.3 is 10.2 Å². The predicted molar refractivity (Wildman–Crippen MR) is 72.1 cm³/mol. The van der Waals surface area contributed by atoms with Crippen molar-refractivity contribution in [2.75, 3.05) is 19.6 Å². The van der Waals surface area contributed by atoms with E-state index in [1.54, 1.807) is 0 Å². The molecule has 3 rings (SSSR count). The number of likely N-dealkylation sites (tertiary alicyclic amines) is 1. The van der Waals surface area contributed by atoms with Crippen molar-refractivity contribution in [1.29, 1.82) is 0 Å². The van der Waals surface area contributed by atoms with Gasteiger partial charge in [-0.1, -0.05) is 13.8 Å². The summed E-state index contributed by atoms with van der Waals surface area (Å²) in [4.78, 5) is 2.75. The number of hydrogen-bond acceptors (Lipinski definition) is 2. The van der Waals surface area contributed by atoms with E-state index in [4.69, 9.17) is 0 Å². The van der Waals surface area contributed by atoms with E-state index >= 15 is 0 Å². The van der Waals surface area contributed by atoms with Gasteiger partial charge in [0, 0.05) is 18.6 Å². The van der Waals surface area contributed by atoms with Crippen LogP contribution in [0.3, 0.4) is 0 Å². The van der Waals surface area contributed by atoms with Gasteiger partial charge in [0.1, 0.15) is 0 Å². The van der Waals surface area contributed by atoms with Crippen molar-refractivity contribution in [3.05, 3.63) is 0 Å². The summed E-state index contributed by atoms with van der Waals surface area (Å²) in [5.41, 5.74) is 0.585. The molecule has 0 radical (unpaired) electrons.